The molecule has 0 unspecified atom stereocenters. The molecular weight excluding hydrogens is 432 g/mol. The zero-order valence-corrected chi connectivity index (χ0v) is 17.3. The van der Waals surface area contributed by atoms with Crippen LogP contribution in [-0.4, -0.2) is 19.3 Å². The van der Waals surface area contributed by atoms with Crippen molar-refractivity contribution in [1.29, 1.82) is 0 Å². The fraction of sp³-hybridized carbons (Fsp3) is 0.0909. The van der Waals surface area contributed by atoms with E-state index < -0.39 is 11.8 Å². The van der Waals surface area contributed by atoms with E-state index in [4.69, 9.17) is 37.5 Å². The summed E-state index contributed by atoms with van der Waals surface area (Å²) >= 11 is 11.8. The van der Waals surface area contributed by atoms with Gasteiger partial charge in [-0.15, -0.1) is 0 Å². The number of methoxy groups -OCH3 is 1. The molecule has 154 valence electrons. The van der Waals surface area contributed by atoms with E-state index >= 15 is 0 Å². The molecule has 0 aliphatic heterocycles. The van der Waals surface area contributed by atoms with Gasteiger partial charge in [0.15, 0.2) is 11.5 Å². The van der Waals surface area contributed by atoms with Gasteiger partial charge in [0.1, 0.15) is 12.4 Å². The summed E-state index contributed by atoms with van der Waals surface area (Å²) in [7, 11) is 1.47. The average Bonchev–Trinajstić information content (AvgIpc) is 2.74. The Labute approximate surface area is 182 Å². The summed E-state index contributed by atoms with van der Waals surface area (Å²) in [5.74, 6) is -0.271. The fourth-order valence-corrected chi connectivity index (χ4v) is 2.82. The molecule has 0 heterocycles. The summed E-state index contributed by atoms with van der Waals surface area (Å²) in [4.78, 5) is 16.8. The number of carbonyl (C=O) groups is 1. The van der Waals surface area contributed by atoms with Gasteiger partial charge in [0.2, 0.25) is 0 Å². The Balaban J connectivity index is 1.65. The number of hydrogen-bond acceptors (Lipinski definition) is 5. The normalized spacial score (nSPS) is 10.8. The molecule has 0 atom stereocenters. The summed E-state index contributed by atoms with van der Waals surface area (Å²) in [5.41, 5.74) is 1.18. The lowest BCUT2D eigenvalue weighted by atomic mass is 10.2. The third-order valence-electron chi connectivity index (χ3n) is 4.04. The standard InChI is InChI=1S/C22H16Cl2FNO4/c1-28-21-11-14(12-26-30-22(27)15-6-8-16(23)9-7-15)5-10-20(21)29-13-17-18(24)3-2-4-19(17)25/h2-12H,13H2,1H3/b26-12+. The van der Waals surface area contributed by atoms with Crippen molar-refractivity contribution in [1.82, 2.24) is 0 Å². The lowest BCUT2D eigenvalue weighted by molar-refractivity contribution is 0.0519. The highest BCUT2D eigenvalue weighted by Gasteiger charge is 2.11. The van der Waals surface area contributed by atoms with Gasteiger partial charge in [0.05, 0.1) is 23.9 Å². The van der Waals surface area contributed by atoms with Crippen molar-refractivity contribution >= 4 is 35.4 Å². The lowest BCUT2D eigenvalue weighted by Gasteiger charge is -2.12. The van der Waals surface area contributed by atoms with E-state index in [-0.39, 0.29) is 17.2 Å². The number of rotatable bonds is 7. The summed E-state index contributed by atoms with van der Waals surface area (Å²) in [6.45, 7) is -0.0615. The van der Waals surface area contributed by atoms with E-state index in [1.807, 2.05) is 0 Å². The van der Waals surface area contributed by atoms with Crippen LogP contribution in [0.3, 0.4) is 0 Å². The van der Waals surface area contributed by atoms with Gasteiger partial charge in [-0.2, -0.15) is 0 Å². The van der Waals surface area contributed by atoms with Gasteiger partial charge in [0, 0.05) is 16.1 Å². The molecule has 3 rings (SSSR count). The number of oxime groups is 1. The quantitative estimate of drug-likeness (QED) is 0.256. The van der Waals surface area contributed by atoms with Gasteiger partial charge in [-0.05, 0) is 54.6 Å². The van der Waals surface area contributed by atoms with Gasteiger partial charge < -0.3 is 14.3 Å². The Morgan fingerprint density at radius 2 is 1.83 bits per heavy atom. The third kappa shape index (κ3) is 5.49. The van der Waals surface area contributed by atoms with Crippen molar-refractivity contribution in [3.8, 4) is 11.5 Å². The van der Waals surface area contributed by atoms with E-state index in [9.17, 15) is 9.18 Å². The minimum atomic E-state index is -0.614. The maximum Gasteiger partial charge on any atom is 0.365 e. The fourth-order valence-electron chi connectivity index (χ4n) is 2.48. The first-order valence-corrected chi connectivity index (χ1v) is 9.47. The minimum Gasteiger partial charge on any atom is -0.493 e. The molecule has 0 saturated heterocycles. The second-order valence-corrected chi connectivity index (χ2v) is 6.86. The Morgan fingerprint density at radius 3 is 2.53 bits per heavy atom. The molecule has 0 fully saturated rings. The molecule has 3 aromatic carbocycles. The first kappa shape index (κ1) is 21.6. The van der Waals surface area contributed by atoms with Crippen LogP contribution in [-0.2, 0) is 11.4 Å². The Bertz CT molecular complexity index is 1050. The number of hydrogen-bond donors (Lipinski definition) is 0. The molecule has 5 nitrogen and oxygen atoms in total. The molecule has 0 N–H and O–H groups in total. The van der Waals surface area contributed by atoms with Crippen molar-refractivity contribution < 1.29 is 23.5 Å². The largest absolute Gasteiger partial charge is 0.493 e. The molecule has 0 aliphatic carbocycles. The predicted octanol–water partition coefficient (Wildman–Crippen LogP) is 5.91. The van der Waals surface area contributed by atoms with Crippen LogP contribution in [0.25, 0.3) is 0 Å². The Kier molecular flexibility index (Phi) is 7.27. The third-order valence-corrected chi connectivity index (χ3v) is 4.64. The highest BCUT2D eigenvalue weighted by Crippen LogP contribution is 2.29. The topological polar surface area (TPSA) is 57.1 Å². The van der Waals surface area contributed by atoms with Crippen LogP contribution in [0.4, 0.5) is 4.39 Å². The highest BCUT2D eigenvalue weighted by molar-refractivity contribution is 6.31. The molecule has 0 aromatic heterocycles. The van der Waals surface area contributed by atoms with E-state index in [0.29, 0.717) is 27.6 Å². The first-order chi connectivity index (χ1) is 14.5. The monoisotopic (exact) mass is 447 g/mol. The zero-order chi connectivity index (χ0) is 21.5. The van der Waals surface area contributed by atoms with Gasteiger partial charge >= 0.3 is 5.97 Å². The zero-order valence-electron chi connectivity index (χ0n) is 15.8. The van der Waals surface area contributed by atoms with Crippen molar-refractivity contribution in [2.75, 3.05) is 7.11 Å². The van der Waals surface area contributed by atoms with Crippen molar-refractivity contribution in [2.45, 2.75) is 6.61 Å². The maximum absolute atomic E-state index is 13.9. The van der Waals surface area contributed by atoms with Crippen LogP contribution >= 0.6 is 23.2 Å². The van der Waals surface area contributed by atoms with Crippen LogP contribution < -0.4 is 9.47 Å². The molecule has 8 heteroatoms. The summed E-state index contributed by atoms with van der Waals surface area (Å²) in [5, 5.41) is 4.48. The smallest absolute Gasteiger partial charge is 0.365 e. The van der Waals surface area contributed by atoms with Gasteiger partial charge in [-0.3, -0.25) is 0 Å². The lowest BCUT2D eigenvalue weighted by Crippen LogP contribution is -2.02. The molecule has 3 aromatic rings. The molecule has 0 aliphatic rings. The van der Waals surface area contributed by atoms with Crippen LogP contribution in [0, 0.1) is 5.82 Å². The second kappa shape index (κ2) is 10.1. The van der Waals surface area contributed by atoms with Crippen LogP contribution in [0.15, 0.2) is 65.8 Å². The summed E-state index contributed by atoms with van der Waals surface area (Å²) in [6.07, 6.45) is 1.36. The predicted molar refractivity (Wildman–Crippen MR) is 113 cm³/mol. The van der Waals surface area contributed by atoms with Gasteiger partial charge in [0.25, 0.3) is 0 Å². The van der Waals surface area contributed by atoms with E-state index in [2.05, 4.69) is 5.16 Å². The summed E-state index contributed by atoms with van der Waals surface area (Å²) < 4.78 is 24.8. The van der Waals surface area contributed by atoms with E-state index in [1.165, 1.54) is 37.6 Å². The highest BCUT2D eigenvalue weighted by atomic mass is 35.5. The van der Waals surface area contributed by atoms with E-state index in [0.717, 1.165) is 0 Å². The molecular formula is C22H16Cl2FNO4. The Morgan fingerprint density at radius 1 is 1.07 bits per heavy atom. The van der Waals surface area contributed by atoms with Gasteiger partial charge in [-0.1, -0.05) is 34.4 Å². The van der Waals surface area contributed by atoms with Crippen molar-refractivity contribution in [3.05, 3.63) is 93.2 Å². The average molecular weight is 448 g/mol. The van der Waals surface area contributed by atoms with Crippen LogP contribution in [0.1, 0.15) is 21.5 Å². The number of ether oxygens (including phenoxy) is 2. The van der Waals surface area contributed by atoms with Gasteiger partial charge in [-0.25, -0.2) is 9.18 Å². The Hall–Kier alpha value is -3.09. The second-order valence-electron chi connectivity index (χ2n) is 6.02. The summed E-state index contributed by atoms with van der Waals surface area (Å²) in [6, 6.07) is 15.6. The maximum atomic E-state index is 13.9. The minimum absolute atomic E-state index is 0.0615. The van der Waals surface area contributed by atoms with Crippen molar-refractivity contribution in [3.63, 3.8) is 0 Å². The number of benzene rings is 3. The van der Waals surface area contributed by atoms with Crippen molar-refractivity contribution in [2.24, 2.45) is 5.16 Å². The van der Waals surface area contributed by atoms with E-state index in [1.54, 1.807) is 36.4 Å². The number of nitrogens with zero attached hydrogens (tertiary/aromatic N) is 1. The molecule has 0 bridgehead atoms. The number of halogens is 3. The molecule has 0 amide bonds. The molecule has 30 heavy (non-hydrogen) atoms. The molecule has 0 saturated carbocycles. The molecule has 0 spiro atoms. The molecule has 0 radical (unpaired) electrons. The SMILES string of the molecule is COc1cc(/C=N/OC(=O)c2ccc(Cl)cc2)ccc1OCc1c(F)cccc1Cl. The van der Waals surface area contributed by atoms with Crippen LogP contribution in [0.2, 0.25) is 10.0 Å². The van der Waals surface area contributed by atoms with Crippen LogP contribution in [0.5, 0.6) is 11.5 Å². The number of carbonyl (C=O) groups excluding carboxylic acids is 1. The first-order valence-electron chi connectivity index (χ1n) is 8.72.